The Labute approximate surface area is 186 Å². The number of ether oxygens (including phenoxy) is 2. The molecule has 1 fully saturated rings. The van der Waals surface area contributed by atoms with Crippen LogP contribution in [0.3, 0.4) is 0 Å². The lowest BCUT2D eigenvalue weighted by molar-refractivity contribution is -0.0705. The van der Waals surface area contributed by atoms with E-state index in [1.165, 1.54) is 11.1 Å². The summed E-state index contributed by atoms with van der Waals surface area (Å²) in [4.78, 5) is 18.4. The molecule has 0 spiro atoms. The van der Waals surface area contributed by atoms with Crippen molar-refractivity contribution in [2.75, 3.05) is 33.2 Å². The molecule has 8 heteroatoms. The fourth-order valence-corrected chi connectivity index (χ4v) is 3.60. The molecule has 0 saturated carbocycles. The summed E-state index contributed by atoms with van der Waals surface area (Å²) in [5.41, 5.74) is 2.04. The molecule has 8 nitrogen and oxygen atoms in total. The van der Waals surface area contributed by atoms with E-state index in [2.05, 4.69) is 64.0 Å². The van der Waals surface area contributed by atoms with Gasteiger partial charge in [-0.15, -0.1) is 0 Å². The zero-order valence-corrected chi connectivity index (χ0v) is 19.8. The van der Waals surface area contributed by atoms with Crippen molar-refractivity contribution < 1.29 is 14.3 Å². The van der Waals surface area contributed by atoms with Crippen molar-refractivity contribution in [3.63, 3.8) is 0 Å². The number of benzene rings is 1. The van der Waals surface area contributed by atoms with Crippen LogP contribution in [-0.4, -0.2) is 68.0 Å². The first-order valence-corrected chi connectivity index (χ1v) is 11.0. The summed E-state index contributed by atoms with van der Waals surface area (Å²) in [5.74, 6) is 0.689. The molecule has 1 aliphatic rings. The maximum absolute atomic E-state index is 11.7. The third kappa shape index (κ3) is 9.57. The Bertz CT molecular complexity index is 722. The van der Waals surface area contributed by atoms with Crippen molar-refractivity contribution in [1.82, 2.24) is 20.9 Å². The normalized spacial score (nSPS) is 20.3. The Balaban J connectivity index is 1.80. The van der Waals surface area contributed by atoms with Crippen molar-refractivity contribution in [1.29, 1.82) is 0 Å². The molecule has 0 aliphatic carbocycles. The average molecular weight is 434 g/mol. The molecule has 1 aromatic carbocycles. The van der Waals surface area contributed by atoms with Gasteiger partial charge in [-0.25, -0.2) is 4.79 Å². The minimum absolute atomic E-state index is 0.256. The third-order valence-electron chi connectivity index (χ3n) is 4.76. The van der Waals surface area contributed by atoms with E-state index < -0.39 is 11.7 Å². The van der Waals surface area contributed by atoms with Crippen LogP contribution in [0, 0.1) is 0 Å². The van der Waals surface area contributed by atoms with Crippen molar-refractivity contribution in [3.8, 4) is 0 Å². The van der Waals surface area contributed by atoms with Gasteiger partial charge in [0.15, 0.2) is 5.96 Å². The topological polar surface area (TPSA) is 87.2 Å². The lowest BCUT2D eigenvalue weighted by Crippen LogP contribution is -2.45. The Kier molecular flexibility index (Phi) is 9.58. The molecule has 1 aromatic rings. The second-order valence-electron chi connectivity index (χ2n) is 9.00. The van der Waals surface area contributed by atoms with Gasteiger partial charge < -0.3 is 25.4 Å². The SMILES string of the molecule is CN=C(NCCNC(=O)OC(C)(C)C)NCc1ccccc1CN1CC(C)OC(C)C1. The number of hydrogen-bond donors (Lipinski definition) is 3. The van der Waals surface area contributed by atoms with Crippen LogP contribution in [-0.2, 0) is 22.6 Å². The molecule has 1 aliphatic heterocycles. The van der Waals surface area contributed by atoms with E-state index in [1.54, 1.807) is 7.05 Å². The first-order valence-electron chi connectivity index (χ1n) is 11.0. The van der Waals surface area contributed by atoms with Crippen LogP contribution in [0.25, 0.3) is 0 Å². The van der Waals surface area contributed by atoms with Crippen LogP contribution in [0.15, 0.2) is 29.3 Å². The van der Waals surface area contributed by atoms with Crippen molar-refractivity contribution in [2.24, 2.45) is 4.99 Å². The van der Waals surface area contributed by atoms with Gasteiger partial charge in [-0.2, -0.15) is 0 Å². The molecule has 3 N–H and O–H groups in total. The van der Waals surface area contributed by atoms with E-state index in [-0.39, 0.29) is 12.2 Å². The third-order valence-corrected chi connectivity index (χ3v) is 4.76. The van der Waals surface area contributed by atoms with E-state index in [9.17, 15) is 4.79 Å². The Morgan fingerprint density at radius 3 is 2.32 bits per heavy atom. The molecule has 1 amide bonds. The van der Waals surface area contributed by atoms with Crippen molar-refractivity contribution in [2.45, 2.75) is 65.5 Å². The quantitative estimate of drug-likeness (QED) is 0.348. The van der Waals surface area contributed by atoms with Crippen LogP contribution in [0.2, 0.25) is 0 Å². The van der Waals surface area contributed by atoms with Gasteiger partial charge in [0, 0.05) is 46.3 Å². The maximum atomic E-state index is 11.7. The fraction of sp³-hybridized carbons (Fsp3) is 0.652. The first-order chi connectivity index (χ1) is 14.7. The van der Waals surface area contributed by atoms with Crippen LogP contribution < -0.4 is 16.0 Å². The zero-order valence-electron chi connectivity index (χ0n) is 19.8. The number of alkyl carbamates (subject to hydrolysis) is 1. The molecule has 2 unspecified atom stereocenters. The van der Waals surface area contributed by atoms with E-state index in [1.807, 2.05) is 20.8 Å². The number of carbonyl (C=O) groups excluding carboxylic acids is 1. The smallest absolute Gasteiger partial charge is 0.407 e. The van der Waals surface area contributed by atoms with Crippen LogP contribution in [0.4, 0.5) is 4.79 Å². The Morgan fingerprint density at radius 2 is 1.71 bits per heavy atom. The van der Waals surface area contributed by atoms with Crippen LogP contribution in [0.1, 0.15) is 45.7 Å². The van der Waals surface area contributed by atoms with E-state index in [4.69, 9.17) is 9.47 Å². The predicted octanol–water partition coefficient (Wildman–Crippen LogP) is 2.49. The molecule has 2 atom stereocenters. The minimum Gasteiger partial charge on any atom is -0.444 e. The number of amides is 1. The van der Waals surface area contributed by atoms with Gasteiger partial charge in [0.1, 0.15) is 5.60 Å². The van der Waals surface area contributed by atoms with Gasteiger partial charge in [0.2, 0.25) is 0 Å². The predicted molar refractivity (Wildman–Crippen MR) is 124 cm³/mol. The minimum atomic E-state index is -0.500. The number of aliphatic imine (C=N–C) groups is 1. The lowest BCUT2D eigenvalue weighted by Gasteiger charge is -2.35. The molecule has 0 radical (unpaired) electrons. The highest BCUT2D eigenvalue weighted by Gasteiger charge is 2.22. The Morgan fingerprint density at radius 1 is 1.10 bits per heavy atom. The fourth-order valence-electron chi connectivity index (χ4n) is 3.60. The highest BCUT2D eigenvalue weighted by Crippen LogP contribution is 2.17. The largest absolute Gasteiger partial charge is 0.444 e. The van der Waals surface area contributed by atoms with Gasteiger partial charge in [-0.05, 0) is 45.7 Å². The first kappa shape index (κ1) is 24.9. The zero-order chi connectivity index (χ0) is 22.9. The highest BCUT2D eigenvalue weighted by atomic mass is 16.6. The van der Waals surface area contributed by atoms with E-state index in [0.29, 0.717) is 25.6 Å². The molecule has 174 valence electrons. The lowest BCUT2D eigenvalue weighted by atomic mass is 10.1. The molecule has 1 heterocycles. The standard InChI is InChI=1S/C23H39N5O3/c1-17-14-28(15-18(2)30-17)16-20-10-8-7-9-19(20)13-27-21(24-6)25-11-12-26-22(29)31-23(3,4)5/h7-10,17-18H,11-16H2,1-6H3,(H,26,29)(H2,24,25,27). The summed E-state index contributed by atoms with van der Waals surface area (Å²) in [7, 11) is 1.74. The van der Waals surface area contributed by atoms with Gasteiger partial charge in [0.25, 0.3) is 0 Å². The van der Waals surface area contributed by atoms with Crippen molar-refractivity contribution >= 4 is 12.1 Å². The Hall–Kier alpha value is -2.32. The number of guanidine groups is 1. The van der Waals surface area contributed by atoms with Gasteiger partial charge in [0.05, 0.1) is 12.2 Å². The number of hydrogen-bond acceptors (Lipinski definition) is 5. The van der Waals surface area contributed by atoms with Crippen LogP contribution >= 0.6 is 0 Å². The van der Waals surface area contributed by atoms with Crippen LogP contribution in [0.5, 0.6) is 0 Å². The van der Waals surface area contributed by atoms with E-state index >= 15 is 0 Å². The molecule has 1 saturated heterocycles. The number of nitrogens with zero attached hydrogens (tertiary/aromatic N) is 2. The number of morpholine rings is 1. The van der Waals surface area contributed by atoms with Crippen molar-refractivity contribution in [3.05, 3.63) is 35.4 Å². The molecule has 0 aromatic heterocycles. The van der Waals surface area contributed by atoms with E-state index in [0.717, 1.165) is 19.6 Å². The summed E-state index contributed by atoms with van der Waals surface area (Å²) in [6.07, 6.45) is 0.0932. The van der Waals surface area contributed by atoms with Gasteiger partial charge in [-0.1, -0.05) is 24.3 Å². The molecule has 0 bridgehead atoms. The second-order valence-corrected chi connectivity index (χ2v) is 9.00. The average Bonchev–Trinajstić information content (AvgIpc) is 2.66. The number of rotatable bonds is 7. The number of nitrogens with one attached hydrogen (secondary N) is 3. The van der Waals surface area contributed by atoms with Gasteiger partial charge in [-0.3, -0.25) is 9.89 Å². The molecule has 31 heavy (non-hydrogen) atoms. The molecular weight excluding hydrogens is 394 g/mol. The summed E-state index contributed by atoms with van der Waals surface area (Å²) < 4.78 is 11.1. The summed E-state index contributed by atoms with van der Waals surface area (Å²) >= 11 is 0. The number of carbonyl (C=O) groups is 1. The summed E-state index contributed by atoms with van der Waals surface area (Å²) in [6.45, 7) is 14.2. The molecule has 2 rings (SSSR count). The monoisotopic (exact) mass is 433 g/mol. The summed E-state index contributed by atoms with van der Waals surface area (Å²) in [5, 5.41) is 9.30. The summed E-state index contributed by atoms with van der Waals surface area (Å²) in [6, 6.07) is 8.48. The highest BCUT2D eigenvalue weighted by molar-refractivity contribution is 5.79. The second kappa shape index (κ2) is 11.9. The maximum Gasteiger partial charge on any atom is 0.407 e. The molecular formula is C23H39N5O3. The van der Waals surface area contributed by atoms with Gasteiger partial charge >= 0.3 is 6.09 Å².